The highest BCUT2D eigenvalue weighted by molar-refractivity contribution is 6.07. The Morgan fingerprint density at radius 2 is 1.09 bits per heavy atom. The second-order valence-corrected chi connectivity index (χ2v) is 12.4. The van der Waals surface area contributed by atoms with Crippen LogP contribution >= 0.6 is 0 Å². The molecule has 0 spiro atoms. The lowest BCUT2D eigenvalue weighted by Gasteiger charge is -2.34. The van der Waals surface area contributed by atoms with Crippen LogP contribution < -0.4 is 4.74 Å². The summed E-state index contributed by atoms with van der Waals surface area (Å²) >= 11 is 0. The topological polar surface area (TPSA) is 9.23 Å². The maximum atomic E-state index is 6.35. The lowest BCUT2D eigenvalue weighted by Crippen LogP contribution is -2.28. The largest absolute Gasteiger partial charge is 0.456 e. The Bertz CT molecular complexity index is 2450. The summed E-state index contributed by atoms with van der Waals surface area (Å²) in [5.41, 5.74) is 12.1. The zero-order valence-electron chi connectivity index (χ0n) is 25.1. The third-order valence-electron chi connectivity index (χ3n) is 10.1. The van der Waals surface area contributed by atoms with Gasteiger partial charge in [0.05, 0.1) is 5.41 Å². The molecule has 1 aliphatic carbocycles. The smallest absolute Gasteiger partial charge is 0.135 e. The first kappa shape index (κ1) is 25.4. The van der Waals surface area contributed by atoms with E-state index >= 15 is 0 Å². The predicted octanol–water partition coefficient (Wildman–Crippen LogP) is 11.8. The Hall–Kier alpha value is -5.92. The van der Waals surface area contributed by atoms with Crippen LogP contribution in [0.15, 0.2) is 170 Å². The molecule has 46 heavy (non-hydrogen) atoms. The van der Waals surface area contributed by atoms with E-state index in [0.29, 0.717) is 0 Å². The van der Waals surface area contributed by atoms with Gasteiger partial charge in [0.1, 0.15) is 11.5 Å². The molecule has 1 nitrogen and oxygen atoms in total. The van der Waals surface area contributed by atoms with Crippen molar-refractivity contribution in [3.8, 4) is 44.9 Å². The van der Waals surface area contributed by atoms with E-state index in [-0.39, 0.29) is 0 Å². The van der Waals surface area contributed by atoms with E-state index in [1.165, 1.54) is 71.6 Å². The Kier molecular flexibility index (Phi) is 5.27. The van der Waals surface area contributed by atoms with Gasteiger partial charge in [0, 0.05) is 10.9 Å². The summed E-state index contributed by atoms with van der Waals surface area (Å²) in [6.07, 6.45) is 0. The van der Waals surface area contributed by atoms with E-state index < -0.39 is 5.41 Å². The first-order valence-electron chi connectivity index (χ1n) is 15.9. The molecule has 0 saturated carbocycles. The summed E-state index contributed by atoms with van der Waals surface area (Å²) in [6.45, 7) is 0. The molecule has 0 bridgehead atoms. The average molecular weight is 585 g/mol. The fourth-order valence-corrected chi connectivity index (χ4v) is 8.19. The highest BCUT2D eigenvalue weighted by Gasteiger charge is 2.46. The van der Waals surface area contributed by atoms with Gasteiger partial charge in [-0.2, -0.15) is 0 Å². The lowest BCUT2D eigenvalue weighted by molar-refractivity contribution is 0.487. The van der Waals surface area contributed by atoms with Crippen LogP contribution in [0.5, 0.6) is 11.5 Å². The second kappa shape index (κ2) is 9.54. The van der Waals surface area contributed by atoms with E-state index in [0.717, 1.165) is 17.1 Å². The Morgan fingerprint density at radius 1 is 0.391 bits per heavy atom. The van der Waals surface area contributed by atoms with E-state index in [4.69, 9.17) is 4.74 Å². The molecule has 1 heterocycles. The van der Waals surface area contributed by atoms with Crippen LogP contribution in [0, 0.1) is 0 Å². The maximum Gasteiger partial charge on any atom is 0.135 e. The van der Waals surface area contributed by atoms with Crippen LogP contribution in [0.3, 0.4) is 0 Å². The van der Waals surface area contributed by atoms with Crippen molar-refractivity contribution in [1.29, 1.82) is 0 Å². The van der Waals surface area contributed by atoms with Crippen molar-refractivity contribution >= 4 is 21.5 Å². The van der Waals surface area contributed by atoms with Crippen molar-refractivity contribution in [3.63, 3.8) is 0 Å². The molecular weight excluding hydrogens is 556 g/mol. The molecular formula is C45H28O. The van der Waals surface area contributed by atoms with Crippen LogP contribution in [0.1, 0.15) is 22.3 Å². The fraction of sp³-hybridized carbons (Fsp3) is 0.0222. The van der Waals surface area contributed by atoms with Crippen molar-refractivity contribution < 1.29 is 4.74 Å². The average Bonchev–Trinajstić information content (AvgIpc) is 3.43. The Morgan fingerprint density at radius 3 is 1.91 bits per heavy atom. The van der Waals surface area contributed by atoms with Crippen molar-refractivity contribution in [2.24, 2.45) is 0 Å². The van der Waals surface area contributed by atoms with Gasteiger partial charge in [-0.3, -0.25) is 0 Å². The van der Waals surface area contributed by atoms with Crippen molar-refractivity contribution in [2.75, 3.05) is 0 Å². The molecule has 1 aliphatic heterocycles. The van der Waals surface area contributed by atoms with Gasteiger partial charge < -0.3 is 4.74 Å². The molecule has 0 fully saturated rings. The Labute approximate surface area is 268 Å². The van der Waals surface area contributed by atoms with E-state index in [9.17, 15) is 0 Å². The van der Waals surface area contributed by atoms with Gasteiger partial charge in [0.15, 0.2) is 0 Å². The number of hydrogen-bond acceptors (Lipinski definition) is 1. The number of rotatable bonds is 3. The summed E-state index contributed by atoms with van der Waals surface area (Å²) in [5.74, 6) is 1.82. The molecule has 2 aliphatic rings. The maximum absolute atomic E-state index is 6.35. The van der Waals surface area contributed by atoms with Gasteiger partial charge >= 0.3 is 0 Å². The number of benzene rings is 8. The molecule has 214 valence electrons. The van der Waals surface area contributed by atoms with Gasteiger partial charge in [-0.05, 0) is 96.6 Å². The summed E-state index contributed by atoms with van der Waals surface area (Å²) in [6, 6.07) is 62.2. The van der Waals surface area contributed by atoms with Gasteiger partial charge in [-0.25, -0.2) is 0 Å². The number of para-hydroxylation sites is 1. The molecule has 0 amide bonds. The number of ether oxygens (including phenoxy) is 1. The van der Waals surface area contributed by atoms with Crippen LogP contribution in [0.25, 0.3) is 54.9 Å². The first-order chi connectivity index (χ1) is 22.8. The minimum absolute atomic E-state index is 0.466. The van der Waals surface area contributed by atoms with E-state index in [1.54, 1.807) is 0 Å². The van der Waals surface area contributed by atoms with E-state index in [2.05, 4.69) is 164 Å². The SMILES string of the molecule is c1ccc(C2(c3ccccc3)c3cc(-c4cc5c6c(cccc6c4)Oc4ccccc4-5)ccc3-c3c2ccc2ccccc32)cc1. The minimum atomic E-state index is -0.466. The molecule has 1 heteroatoms. The van der Waals surface area contributed by atoms with Crippen molar-refractivity contribution in [3.05, 3.63) is 192 Å². The number of fused-ring (bicyclic) bond motifs is 7. The van der Waals surface area contributed by atoms with Gasteiger partial charge in [-0.1, -0.05) is 140 Å². The molecule has 10 rings (SSSR count). The molecule has 8 aromatic rings. The highest BCUT2D eigenvalue weighted by Crippen LogP contribution is 2.58. The zero-order chi connectivity index (χ0) is 30.2. The quantitative estimate of drug-likeness (QED) is 0.201. The molecule has 8 aromatic carbocycles. The lowest BCUT2D eigenvalue weighted by atomic mass is 9.67. The van der Waals surface area contributed by atoms with Crippen LogP contribution in [-0.2, 0) is 5.41 Å². The first-order valence-corrected chi connectivity index (χ1v) is 15.9. The summed E-state index contributed by atoms with van der Waals surface area (Å²) in [5, 5.41) is 4.92. The molecule has 0 aromatic heterocycles. The fourth-order valence-electron chi connectivity index (χ4n) is 8.19. The molecule has 0 unspecified atom stereocenters. The molecule has 0 radical (unpaired) electrons. The predicted molar refractivity (Wildman–Crippen MR) is 190 cm³/mol. The molecule has 0 saturated heterocycles. The highest BCUT2D eigenvalue weighted by atomic mass is 16.5. The van der Waals surface area contributed by atoms with Gasteiger partial charge in [0.25, 0.3) is 0 Å². The van der Waals surface area contributed by atoms with Crippen LogP contribution in [0.2, 0.25) is 0 Å². The zero-order valence-corrected chi connectivity index (χ0v) is 25.1. The van der Waals surface area contributed by atoms with Gasteiger partial charge in [-0.15, -0.1) is 0 Å². The van der Waals surface area contributed by atoms with Crippen molar-refractivity contribution in [1.82, 2.24) is 0 Å². The third kappa shape index (κ3) is 3.40. The van der Waals surface area contributed by atoms with Crippen LogP contribution in [0.4, 0.5) is 0 Å². The second-order valence-electron chi connectivity index (χ2n) is 12.4. The monoisotopic (exact) mass is 584 g/mol. The molecule has 0 N–H and O–H groups in total. The standard InChI is InChI=1S/C45H28O/c1-3-14-33(15-4-1)45(34-16-5-2-6-17-34)39-25-23-29-12-7-8-18-35(29)44(39)37-24-22-30(28-40(37)45)32-26-31-13-11-21-42-43(31)38(27-32)36-19-9-10-20-41(36)46-42/h1-28H. The third-order valence-corrected chi connectivity index (χ3v) is 10.1. The normalized spacial score (nSPS) is 13.6. The van der Waals surface area contributed by atoms with Crippen LogP contribution in [-0.4, -0.2) is 0 Å². The summed E-state index contributed by atoms with van der Waals surface area (Å²) < 4.78 is 6.35. The summed E-state index contributed by atoms with van der Waals surface area (Å²) in [4.78, 5) is 0. The Balaban J connectivity index is 1.30. The van der Waals surface area contributed by atoms with E-state index in [1.807, 2.05) is 6.07 Å². The number of hydrogen-bond donors (Lipinski definition) is 0. The van der Waals surface area contributed by atoms with Gasteiger partial charge in [0.2, 0.25) is 0 Å². The summed E-state index contributed by atoms with van der Waals surface area (Å²) in [7, 11) is 0. The minimum Gasteiger partial charge on any atom is -0.456 e. The van der Waals surface area contributed by atoms with Crippen molar-refractivity contribution in [2.45, 2.75) is 5.41 Å². The molecule has 0 atom stereocenters.